The minimum atomic E-state index is -1.58. The van der Waals surface area contributed by atoms with Gasteiger partial charge in [-0.25, -0.2) is 9.59 Å². The van der Waals surface area contributed by atoms with E-state index in [9.17, 15) is 24.6 Å². The number of cyclic esters (lactones) is 1. The molecule has 0 aromatic carbocycles. The first-order valence-electron chi connectivity index (χ1n) is 21.8. The maximum atomic E-state index is 14.6. The molecule has 0 aromatic rings. The van der Waals surface area contributed by atoms with Crippen LogP contribution in [0.25, 0.3) is 0 Å². The molecular formula is C44H76N2O15. The van der Waals surface area contributed by atoms with Crippen LogP contribution in [0.2, 0.25) is 0 Å². The lowest BCUT2D eigenvalue weighted by Crippen LogP contribution is -2.61. The van der Waals surface area contributed by atoms with Crippen LogP contribution in [0, 0.1) is 17.8 Å². The predicted molar refractivity (Wildman–Crippen MR) is 222 cm³/mol. The van der Waals surface area contributed by atoms with Gasteiger partial charge >= 0.3 is 18.1 Å². The highest BCUT2D eigenvalue weighted by atomic mass is 16.8. The van der Waals surface area contributed by atoms with E-state index in [-0.39, 0.29) is 43.6 Å². The molecule has 4 fully saturated rings. The normalized spacial score (nSPS) is 44.7. The summed E-state index contributed by atoms with van der Waals surface area (Å²) in [7, 11) is 8.56. The van der Waals surface area contributed by atoms with Crippen LogP contribution in [0.1, 0.15) is 94.9 Å². The van der Waals surface area contributed by atoms with Gasteiger partial charge in [0.05, 0.1) is 55.3 Å². The van der Waals surface area contributed by atoms with Gasteiger partial charge in [0.15, 0.2) is 24.3 Å². The van der Waals surface area contributed by atoms with Crippen LogP contribution < -0.4 is 0 Å². The van der Waals surface area contributed by atoms with Crippen LogP contribution in [0.15, 0.2) is 12.2 Å². The number of ether oxygens (including phenoxy) is 10. The van der Waals surface area contributed by atoms with Gasteiger partial charge in [0.2, 0.25) is 0 Å². The lowest BCUT2D eigenvalue weighted by molar-refractivity contribution is -0.320. The monoisotopic (exact) mass is 873 g/mol. The second-order valence-electron chi connectivity index (χ2n) is 18.8. The minimum Gasteiger partial charge on any atom is -0.466 e. The van der Waals surface area contributed by atoms with E-state index in [1.807, 2.05) is 79.4 Å². The maximum Gasteiger partial charge on any atom is 0.509 e. The highest BCUT2D eigenvalue weighted by molar-refractivity contribution is 5.81. The molecule has 0 radical (unpaired) electrons. The van der Waals surface area contributed by atoms with E-state index in [0.717, 1.165) is 0 Å². The van der Waals surface area contributed by atoms with E-state index in [1.54, 1.807) is 34.0 Å². The number of nitrogens with zero attached hydrogens (tertiary/aromatic N) is 2. The van der Waals surface area contributed by atoms with Crippen molar-refractivity contribution >= 4 is 18.1 Å². The molecule has 17 heteroatoms. The van der Waals surface area contributed by atoms with Crippen molar-refractivity contribution in [2.24, 2.45) is 17.8 Å². The number of fused-ring (bicyclic) bond motifs is 1. The summed E-state index contributed by atoms with van der Waals surface area (Å²) in [6.45, 7) is 19.0. The fourth-order valence-corrected chi connectivity index (χ4v) is 10.0. The fourth-order valence-electron chi connectivity index (χ4n) is 10.0. The topological polar surface area (TPSA) is 190 Å². The van der Waals surface area contributed by atoms with E-state index in [4.69, 9.17) is 42.6 Å². The van der Waals surface area contributed by atoms with Crippen molar-refractivity contribution in [3.63, 3.8) is 0 Å². The third-order valence-corrected chi connectivity index (χ3v) is 13.5. The highest BCUT2D eigenvalue weighted by Gasteiger charge is 2.58. The smallest absolute Gasteiger partial charge is 0.466 e. The van der Waals surface area contributed by atoms with Gasteiger partial charge in [-0.05, 0) is 94.8 Å². The quantitative estimate of drug-likeness (QED) is 0.173. The number of hydrogen-bond donors (Lipinski definition) is 2. The summed E-state index contributed by atoms with van der Waals surface area (Å²) in [4.78, 5) is 43.1. The van der Waals surface area contributed by atoms with Crippen molar-refractivity contribution in [1.82, 2.24) is 9.80 Å². The summed E-state index contributed by atoms with van der Waals surface area (Å²) in [5.74, 6) is -3.06. The Kier molecular flexibility index (Phi) is 17.6. The van der Waals surface area contributed by atoms with Crippen LogP contribution in [0.3, 0.4) is 0 Å². The summed E-state index contributed by atoms with van der Waals surface area (Å²) < 4.78 is 61.4. The second kappa shape index (κ2) is 21.0. The zero-order valence-corrected chi connectivity index (χ0v) is 39.2. The van der Waals surface area contributed by atoms with Crippen molar-refractivity contribution in [1.29, 1.82) is 0 Å². The molecule has 4 rings (SSSR count). The molecule has 0 aliphatic carbocycles. The number of aliphatic hydroxyl groups is 2. The molecule has 0 saturated carbocycles. The van der Waals surface area contributed by atoms with E-state index >= 15 is 0 Å². The molecule has 4 saturated heterocycles. The summed E-state index contributed by atoms with van der Waals surface area (Å²) in [5.41, 5.74) is -3.85. The third kappa shape index (κ3) is 11.8. The molecule has 4 aliphatic rings. The number of methoxy groups -OCH3 is 2. The molecule has 18 atom stereocenters. The first kappa shape index (κ1) is 51.2. The molecular weight excluding hydrogens is 796 g/mol. The van der Waals surface area contributed by atoms with Crippen molar-refractivity contribution in [2.45, 2.75) is 185 Å². The Morgan fingerprint density at radius 2 is 1.66 bits per heavy atom. The van der Waals surface area contributed by atoms with Gasteiger partial charge in [-0.3, -0.25) is 9.69 Å². The Bertz CT molecular complexity index is 1500. The number of carbonyl (C=O) groups excluding carboxylic acids is 3. The number of esters is 2. The van der Waals surface area contributed by atoms with Crippen molar-refractivity contribution in [3.05, 3.63) is 12.2 Å². The lowest BCUT2D eigenvalue weighted by atomic mass is 9.77. The number of carbonyl (C=O) groups is 3. The fraction of sp³-hybridized carbons (Fsp3) is 0.886. The average Bonchev–Trinajstić information content (AvgIpc) is 3.50. The second-order valence-corrected chi connectivity index (χ2v) is 18.8. The first-order valence-corrected chi connectivity index (χ1v) is 21.8. The molecule has 0 aromatic heterocycles. The molecule has 0 amide bonds. The minimum absolute atomic E-state index is 0.0860. The maximum absolute atomic E-state index is 14.6. The predicted octanol–water partition coefficient (Wildman–Crippen LogP) is 3.84. The number of hydrogen-bond acceptors (Lipinski definition) is 17. The van der Waals surface area contributed by atoms with Gasteiger partial charge < -0.3 is 62.5 Å². The Morgan fingerprint density at radius 3 is 2.26 bits per heavy atom. The van der Waals surface area contributed by atoms with Crippen molar-refractivity contribution < 1.29 is 72.0 Å². The van der Waals surface area contributed by atoms with Crippen LogP contribution in [0.4, 0.5) is 4.79 Å². The Labute approximate surface area is 362 Å². The Balaban J connectivity index is 1.79. The van der Waals surface area contributed by atoms with Crippen LogP contribution in [0.5, 0.6) is 0 Å². The molecule has 61 heavy (non-hydrogen) atoms. The van der Waals surface area contributed by atoms with Crippen LogP contribution in [-0.4, -0.2) is 177 Å². The number of aliphatic hydroxyl groups excluding tert-OH is 1. The SMILES string of the molecule is CC[C@H]1OC(=O)[C@H](C)[C@@H](OC2C[C@@](C)(OC)[C@@H](OC/C=C/C(=O)OC)[C@H](C)O2)[C@H](C)[C@@H](O[C@@H]2O[C@H](C)C[C@H](N(C)C)[C@H]2O)[C@](C)(O)C[C@@H](C)CN(C)[C@H](C)[C@@H]2OC(=O)O[C@]12C. The van der Waals surface area contributed by atoms with E-state index < -0.39 is 102 Å². The molecule has 4 aliphatic heterocycles. The van der Waals surface area contributed by atoms with Gasteiger partial charge in [0.25, 0.3) is 0 Å². The third-order valence-electron chi connectivity index (χ3n) is 13.5. The van der Waals surface area contributed by atoms with Gasteiger partial charge in [0, 0.05) is 44.2 Å². The van der Waals surface area contributed by atoms with Gasteiger partial charge in [-0.2, -0.15) is 0 Å². The highest BCUT2D eigenvalue weighted by Crippen LogP contribution is 2.42. The summed E-state index contributed by atoms with van der Waals surface area (Å²) >= 11 is 0. The van der Waals surface area contributed by atoms with Crippen molar-refractivity contribution in [2.75, 3.05) is 48.5 Å². The van der Waals surface area contributed by atoms with Crippen LogP contribution in [-0.2, 0) is 57.0 Å². The molecule has 17 nitrogen and oxygen atoms in total. The van der Waals surface area contributed by atoms with Crippen molar-refractivity contribution in [3.8, 4) is 0 Å². The van der Waals surface area contributed by atoms with E-state index in [1.165, 1.54) is 13.2 Å². The molecule has 4 heterocycles. The summed E-state index contributed by atoms with van der Waals surface area (Å²) in [5, 5.41) is 24.4. The number of likely N-dealkylation sites (N-methyl/N-ethyl adjacent to an activating group) is 2. The zero-order valence-electron chi connectivity index (χ0n) is 39.2. The zero-order chi connectivity index (χ0) is 45.8. The van der Waals surface area contributed by atoms with Gasteiger partial charge in [-0.15, -0.1) is 0 Å². The molecule has 2 N–H and O–H groups in total. The van der Waals surface area contributed by atoms with Crippen LogP contribution >= 0.6 is 0 Å². The molecule has 352 valence electrons. The largest absolute Gasteiger partial charge is 0.509 e. The van der Waals surface area contributed by atoms with Gasteiger partial charge in [0.1, 0.15) is 18.3 Å². The van der Waals surface area contributed by atoms with E-state index in [2.05, 4.69) is 4.74 Å². The summed E-state index contributed by atoms with van der Waals surface area (Å²) in [6.07, 6.45) is -5.07. The molecule has 0 bridgehead atoms. The first-order chi connectivity index (χ1) is 28.4. The summed E-state index contributed by atoms with van der Waals surface area (Å²) in [6, 6.07) is -0.655. The average molecular weight is 873 g/mol. The number of rotatable bonds is 11. The standard InChI is InChI=1S/C44H76N2O15/c1-16-31-44(10)37(60-41(50)61-44)28(6)46(13)23-24(2)21-42(8,51)36(59-40-34(48)30(45(11)12)20-25(3)55-40)26(4)35(27(5)39(49)57-31)58-33-22-43(9,53-15)38(29(7)56-33)54-19-17-18-32(47)52-14/h17-18,24-31,33-38,40,48,51H,16,19-23H2,1-15H3/b18-17+/t24-,25-,26+,27-,28-,29+,30+,31-,33?,34-,35+,36-,37+,38+,40+,42-,43-,44-/m1/s1. The Morgan fingerprint density at radius 1 is 0.984 bits per heavy atom. The van der Waals surface area contributed by atoms with E-state index in [0.29, 0.717) is 19.4 Å². The van der Waals surface area contributed by atoms with Gasteiger partial charge in [-0.1, -0.05) is 26.8 Å². The molecule has 0 spiro atoms. The Hall–Kier alpha value is -2.45. The lowest BCUT2D eigenvalue weighted by Gasteiger charge is -2.49. The molecule has 1 unspecified atom stereocenters.